The molecule has 0 atom stereocenters. The third-order valence-corrected chi connectivity index (χ3v) is 23.6. The molecule has 35 heteroatoms. The Hall–Kier alpha value is -10.6. The minimum Gasteiger partial charge on any atom is -0.505 e. The highest BCUT2D eigenvalue weighted by Gasteiger charge is 2.41. The van der Waals surface area contributed by atoms with Crippen LogP contribution in [0.1, 0.15) is 97.2 Å². The molecule has 0 unspecified atom stereocenters. The Labute approximate surface area is 603 Å². The third kappa shape index (κ3) is 17.0. The van der Waals surface area contributed by atoms with Crippen LogP contribution >= 0.6 is 44.7 Å². The fourth-order valence-corrected chi connectivity index (χ4v) is 17.8. The zero-order valence-corrected chi connectivity index (χ0v) is 60.2. The molecule has 5 N–H and O–H groups in total. The Balaban J connectivity index is 0.000000178. The zero-order valence-electron chi connectivity index (χ0n) is 54.5. The summed E-state index contributed by atoms with van der Waals surface area (Å²) in [6.07, 6.45) is 2.11. The van der Waals surface area contributed by atoms with Gasteiger partial charge in [0.2, 0.25) is 23.6 Å². The topological polar surface area (TPSA) is 363 Å². The van der Waals surface area contributed by atoms with E-state index in [1.165, 1.54) is 99.3 Å². The summed E-state index contributed by atoms with van der Waals surface area (Å²) >= 11 is 2.52. The molecule has 7 heterocycles. The quantitative estimate of drug-likeness (QED) is 0.0349. The number of nitrogens with one attached hydrogen (secondary N) is 3. The molecule has 103 heavy (non-hydrogen) atoms. The number of phenols is 1. The Morgan fingerprint density at radius 1 is 0.573 bits per heavy atom. The number of anilines is 3. The van der Waals surface area contributed by atoms with Crippen LogP contribution in [-0.4, -0.2) is 105 Å². The fourth-order valence-electron chi connectivity index (χ4n) is 11.0. The first kappa shape index (κ1) is 73.6. The fraction of sp³-hybridized carbons (Fsp3) is 0.176. The van der Waals surface area contributed by atoms with E-state index in [0.29, 0.717) is 22.1 Å². The van der Waals surface area contributed by atoms with Gasteiger partial charge in [0.25, 0.3) is 20.9 Å². The lowest BCUT2D eigenvalue weighted by atomic mass is 9.99. The number of ether oxygens (including phenoxy) is 1. The van der Waals surface area contributed by atoms with E-state index in [0.717, 1.165) is 45.1 Å². The van der Waals surface area contributed by atoms with E-state index in [1.54, 1.807) is 30.3 Å². The number of amides is 5. The van der Waals surface area contributed by atoms with Gasteiger partial charge < -0.3 is 49.1 Å². The molecule has 5 aromatic heterocycles. The van der Waals surface area contributed by atoms with Gasteiger partial charge in [0.05, 0.1) is 46.2 Å². The molecule has 2 aliphatic heterocycles. The standard InChI is InChI=1S/C37H29FN4O6S2.C25H21FN4O7S2.C6H7ClN2O3S2/c1-22-36(49-37(40-22)41-23(2)43)50(45,46)48-33-28-14-9-19-39-31(28)34(47-32(25-10-5-3-6-11-25)26-12-7-4-8-13-26)30-29(33)21-42(35(30)44)20-24-15-17-27(38)18-16-24;1-13(31)28-25-29-23(33)18(38-25)8-10-39(35,36)37-22-16-3-2-9-27-20(16)21(32)19-17(22)12-30(24(19)34)11-14-4-6-15(26)7-5-14;1-3-5(14(7,11)12)13-6(8-3)9-4(2)10/h3-19,32H,20-21H2,1-2H3,(H,40,41,43);2-7,9,32-33H,8,10-12H2,1H3,(H,28,29,31);1-2H3,(H,8,9,10). The third-order valence-electron chi connectivity index (χ3n) is 15.3. The molecule has 0 saturated heterocycles. The number of benzene rings is 6. The van der Waals surface area contributed by atoms with Gasteiger partial charge in [-0.25, -0.2) is 27.2 Å². The number of fused-ring (bicyclic) bond motifs is 4. The van der Waals surface area contributed by atoms with E-state index in [9.17, 15) is 68.2 Å². The Morgan fingerprint density at radius 2 is 1.02 bits per heavy atom. The minimum atomic E-state index is -4.53. The Bertz CT molecular complexity index is 5470. The number of rotatable bonds is 20. The summed E-state index contributed by atoms with van der Waals surface area (Å²) in [7, 11) is -7.44. The molecule has 0 radical (unpaired) electrons. The highest BCUT2D eigenvalue weighted by Crippen LogP contribution is 2.49. The second-order valence-electron chi connectivity index (χ2n) is 22.9. The lowest BCUT2D eigenvalue weighted by molar-refractivity contribution is -0.115. The molecule has 0 saturated carbocycles. The smallest absolute Gasteiger partial charge is 0.350 e. The molecular formula is C68H57ClF2N10O16S6. The number of carbonyl (C=O) groups is 5. The summed E-state index contributed by atoms with van der Waals surface area (Å²) < 4.78 is 121. The first-order chi connectivity index (χ1) is 48.9. The molecular weight excluding hydrogens is 1480 g/mol. The van der Waals surface area contributed by atoms with Crippen molar-refractivity contribution < 1.29 is 81.3 Å². The predicted octanol–water partition coefficient (Wildman–Crippen LogP) is 11.8. The number of hydrogen-bond acceptors (Lipinski definition) is 24. The second kappa shape index (κ2) is 30.5. The maximum atomic E-state index is 14.4. The molecule has 5 amide bonds. The molecule has 0 bridgehead atoms. The van der Waals surface area contributed by atoms with Crippen molar-refractivity contribution in [3.63, 3.8) is 0 Å². The van der Waals surface area contributed by atoms with Crippen LogP contribution < -0.4 is 29.1 Å². The molecule has 2 aliphatic rings. The van der Waals surface area contributed by atoms with Crippen LogP contribution in [0, 0.1) is 25.5 Å². The normalized spacial score (nSPS) is 12.7. The van der Waals surface area contributed by atoms with Gasteiger partial charge in [0.15, 0.2) is 46.8 Å². The van der Waals surface area contributed by atoms with Gasteiger partial charge in [0.1, 0.15) is 28.8 Å². The van der Waals surface area contributed by atoms with E-state index >= 15 is 0 Å². The van der Waals surface area contributed by atoms with E-state index in [-0.39, 0.29) is 129 Å². The van der Waals surface area contributed by atoms with Crippen molar-refractivity contribution in [3.05, 3.63) is 218 Å². The maximum absolute atomic E-state index is 14.4. The van der Waals surface area contributed by atoms with E-state index in [1.807, 2.05) is 60.7 Å². The largest absolute Gasteiger partial charge is 0.505 e. The Kier molecular flexibility index (Phi) is 21.8. The molecule has 532 valence electrons. The van der Waals surface area contributed by atoms with E-state index in [4.69, 9.17) is 23.8 Å². The van der Waals surface area contributed by atoms with E-state index in [2.05, 4.69) is 40.9 Å². The number of aryl methyl sites for hydroxylation is 3. The van der Waals surface area contributed by atoms with Gasteiger partial charge in [0, 0.05) is 85.3 Å². The number of nitrogens with zero attached hydrogens (tertiary/aromatic N) is 7. The number of thiazole rings is 3. The van der Waals surface area contributed by atoms with Crippen molar-refractivity contribution in [3.8, 4) is 28.9 Å². The zero-order chi connectivity index (χ0) is 73.8. The number of halogens is 3. The van der Waals surface area contributed by atoms with Gasteiger partial charge >= 0.3 is 20.2 Å². The van der Waals surface area contributed by atoms with Crippen LogP contribution in [-0.2, 0) is 76.3 Å². The SMILES string of the molecule is CC(=O)Nc1nc(C)c(S(=O)(=O)Cl)s1.CC(=O)Nc1nc(C)c(S(=O)(=O)Oc2c3c(c(OC(c4ccccc4)c4ccccc4)c4ncccc24)C(=O)N(Cc2ccc(F)cc2)C3)s1.CC(=O)Nc1nc(O)c(CCS(=O)(=O)Oc2c3c(c(O)c4ncccc24)C(=O)N(Cc2ccc(F)cc2)C3)s1. The van der Waals surface area contributed by atoms with Crippen LogP contribution in [0.15, 0.2) is 154 Å². The first-order valence-corrected chi connectivity index (χ1v) is 38.3. The van der Waals surface area contributed by atoms with Crippen LogP contribution in [0.25, 0.3) is 21.8 Å². The summed E-state index contributed by atoms with van der Waals surface area (Å²) in [5.74, 6) is -4.31. The minimum absolute atomic E-state index is 0.00141. The number of aromatic nitrogens is 5. The van der Waals surface area contributed by atoms with Gasteiger partial charge in [-0.2, -0.15) is 21.8 Å². The van der Waals surface area contributed by atoms with Crippen molar-refractivity contribution in [2.24, 2.45) is 0 Å². The van der Waals surface area contributed by atoms with Crippen molar-refractivity contribution in [1.82, 2.24) is 34.7 Å². The predicted molar refractivity (Wildman–Crippen MR) is 380 cm³/mol. The summed E-state index contributed by atoms with van der Waals surface area (Å²) in [5.41, 5.74) is 4.07. The van der Waals surface area contributed by atoms with Gasteiger partial charge in [-0.3, -0.25) is 33.9 Å². The average Bonchev–Trinajstić information content (AvgIpc) is 1.65. The number of carbonyl (C=O) groups excluding carboxylic acids is 5. The molecule has 0 aliphatic carbocycles. The van der Waals surface area contributed by atoms with Crippen molar-refractivity contribution in [2.75, 3.05) is 21.7 Å². The van der Waals surface area contributed by atoms with Crippen LogP contribution in [0.2, 0.25) is 0 Å². The monoisotopic (exact) mass is 1530 g/mol. The molecule has 13 rings (SSSR count). The average molecular weight is 1540 g/mol. The van der Waals surface area contributed by atoms with Crippen molar-refractivity contribution in [1.29, 1.82) is 0 Å². The maximum Gasteiger partial charge on any atom is 0.350 e. The van der Waals surface area contributed by atoms with Crippen LogP contribution in [0.3, 0.4) is 0 Å². The highest BCUT2D eigenvalue weighted by molar-refractivity contribution is 8.15. The van der Waals surface area contributed by atoms with Gasteiger partial charge in [-0.1, -0.05) is 119 Å². The summed E-state index contributed by atoms with van der Waals surface area (Å²) in [6, 6.07) is 36.8. The van der Waals surface area contributed by atoms with Crippen LogP contribution in [0.4, 0.5) is 24.2 Å². The molecule has 0 fully saturated rings. The number of hydrogen-bond donors (Lipinski definition) is 5. The van der Waals surface area contributed by atoms with Gasteiger partial charge in [-0.15, -0.1) is 0 Å². The van der Waals surface area contributed by atoms with E-state index < -0.39 is 88.0 Å². The lowest BCUT2D eigenvalue weighted by Gasteiger charge is -2.23. The lowest BCUT2D eigenvalue weighted by Crippen LogP contribution is -2.23. The second-order valence-corrected chi connectivity index (χ2v) is 32.2. The van der Waals surface area contributed by atoms with Gasteiger partial charge in [-0.05, 0) is 84.6 Å². The first-order valence-electron chi connectivity index (χ1n) is 30.6. The summed E-state index contributed by atoms with van der Waals surface area (Å²) in [6.45, 7) is 6.99. The van der Waals surface area contributed by atoms with Crippen molar-refractivity contribution >= 4 is 141 Å². The summed E-state index contributed by atoms with van der Waals surface area (Å²) in [5, 5.41) is 29.2. The Morgan fingerprint density at radius 3 is 1.51 bits per heavy atom. The summed E-state index contributed by atoms with van der Waals surface area (Å²) in [4.78, 5) is 84.9. The number of aromatic hydroxyl groups is 2. The van der Waals surface area contributed by atoms with Crippen LogP contribution in [0.5, 0.6) is 28.9 Å². The van der Waals surface area contributed by atoms with Crippen molar-refractivity contribution in [2.45, 2.75) is 81.7 Å². The molecule has 6 aromatic carbocycles. The highest BCUT2D eigenvalue weighted by atomic mass is 35.7. The molecule has 11 aromatic rings. The number of pyridine rings is 2. The number of phenolic OH excluding ortho intramolecular Hbond substituents is 1. The molecule has 26 nitrogen and oxygen atoms in total. The molecule has 0 spiro atoms.